The zero-order chi connectivity index (χ0) is 15.4. The lowest BCUT2D eigenvalue weighted by atomic mass is 10.0. The molecule has 116 valence electrons. The summed E-state index contributed by atoms with van der Waals surface area (Å²) in [7, 11) is 0. The molecule has 0 unspecified atom stereocenters. The zero-order valence-electron chi connectivity index (χ0n) is 12.4. The zero-order valence-corrected chi connectivity index (χ0v) is 12.4. The number of carbonyl (C=O) groups excluding carboxylic acids is 1. The van der Waals surface area contributed by atoms with Gasteiger partial charge in [-0.3, -0.25) is 9.48 Å². The van der Waals surface area contributed by atoms with Gasteiger partial charge in [0, 0.05) is 19.5 Å². The first-order valence-corrected chi connectivity index (χ1v) is 7.61. The fraction of sp³-hybridized carbons (Fsp3) is 0.438. The predicted molar refractivity (Wildman–Crippen MR) is 79.3 cm³/mol. The van der Waals surface area contributed by atoms with Crippen molar-refractivity contribution in [3.8, 4) is 0 Å². The van der Waals surface area contributed by atoms with Crippen LogP contribution in [0.25, 0.3) is 0 Å². The van der Waals surface area contributed by atoms with Gasteiger partial charge < -0.3 is 4.90 Å². The molecule has 0 aliphatic carbocycles. The first-order valence-electron chi connectivity index (χ1n) is 7.61. The van der Waals surface area contributed by atoms with Crippen LogP contribution in [0.3, 0.4) is 0 Å². The van der Waals surface area contributed by atoms with Crippen LogP contribution >= 0.6 is 0 Å². The number of hydrogen-bond acceptors (Lipinski definition) is 3. The van der Waals surface area contributed by atoms with Gasteiger partial charge in [-0.1, -0.05) is 12.1 Å². The predicted octanol–water partition coefficient (Wildman–Crippen LogP) is 2.56. The normalized spacial score (nSPS) is 17.9. The van der Waals surface area contributed by atoms with Gasteiger partial charge in [0.05, 0.1) is 6.04 Å². The summed E-state index contributed by atoms with van der Waals surface area (Å²) in [5.41, 5.74) is 1.02. The second-order valence-electron chi connectivity index (χ2n) is 5.56. The molecule has 6 heteroatoms. The summed E-state index contributed by atoms with van der Waals surface area (Å²) in [4.78, 5) is 18.2. The Morgan fingerprint density at radius 3 is 2.86 bits per heavy atom. The van der Waals surface area contributed by atoms with Crippen molar-refractivity contribution in [1.82, 2.24) is 19.7 Å². The maximum atomic E-state index is 13.0. The van der Waals surface area contributed by atoms with Crippen molar-refractivity contribution in [2.24, 2.45) is 0 Å². The fourth-order valence-electron chi connectivity index (χ4n) is 2.98. The first-order chi connectivity index (χ1) is 10.7. The number of halogens is 1. The molecule has 2 aromatic rings. The molecule has 22 heavy (non-hydrogen) atoms. The number of aromatic nitrogens is 3. The van der Waals surface area contributed by atoms with Gasteiger partial charge in [-0.05, 0) is 37.0 Å². The van der Waals surface area contributed by atoms with E-state index in [1.165, 1.54) is 18.5 Å². The summed E-state index contributed by atoms with van der Waals surface area (Å²) in [5, 5.41) is 4.03. The number of aryl methyl sites for hydroxylation is 1. The molecule has 1 saturated heterocycles. The highest BCUT2D eigenvalue weighted by Crippen LogP contribution is 2.32. The first kappa shape index (κ1) is 14.7. The van der Waals surface area contributed by atoms with E-state index in [9.17, 15) is 9.18 Å². The molecule has 3 rings (SSSR count). The summed E-state index contributed by atoms with van der Waals surface area (Å²) in [6.07, 6.45) is 6.33. The topological polar surface area (TPSA) is 51.0 Å². The van der Waals surface area contributed by atoms with E-state index >= 15 is 0 Å². The Kier molecular flexibility index (Phi) is 4.46. The lowest BCUT2D eigenvalue weighted by Gasteiger charge is -2.25. The summed E-state index contributed by atoms with van der Waals surface area (Å²) >= 11 is 0. The van der Waals surface area contributed by atoms with Gasteiger partial charge in [0.2, 0.25) is 5.91 Å². The van der Waals surface area contributed by atoms with Crippen molar-refractivity contribution < 1.29 is 9.18 Å². The smallest absolute Gasteiger partial charge is 0.223 e. The average Bonchev–Trinajstić information content (AvgIpc) is 3.19. The third kappa shape index (κ3) is 3.32. The second-order valence-corrected chi connectivity index (χ2v) is 5.56. The van der Waals surface area contributed by atoms with Crippen molar-refractivity contribution in [3.63, 3.8) is 0 Å². The summed E-state index contributed by atoms with van der Waals surface area (Å²) in [6, 6.07) is 6.56. The Labute approximate surface area is 128 Å². The van der Waals surface area contributed by atoms with E-state index in [0.29, 0.717) is 13.0 Å². The lowest BCUT2D eigenvalue weighted by Crippen LogP contribution is -2.30. The SMILES string of the molecule is O=C(CCCn1cncn1)N1CCC[C@H]1c1ccc(F)cc1. The quantitative estimate of drug-likeness (QED) is 0.853. The molecule has 1 atom stereocenters. The van der Waals surface area contributed by atoms with E-state index in [2.05, 4.69) is 10.1 Å². The Hall–Kier alpha value is -2.24. The molecule has 0 bridgehead atoms. The van der Waals surface area contributed by atoms with Crippen LogP contribution in [0.2, 0.25) is 0 Å². The number of nitrogens with zero attached hydrogens (tertiary/aromatic N) is 4. The Balaban J connectivity index is 1.57. The lowest BCUT2D eigenvalue weighted by molar-refractivity contribution is -0.132. The van der Waals surface area contributed by atoms with E-state index in [4.69, 9.17) is 0 Å². The summed E-state index contributed by atoms with van der Waals surface area (Å²) in [6.45, 7) is 1.48. The van der Waals surface area contributed by atoms with Crippen LogP contribution in [0.1, 0.15) is 37.3 Å². The van der Waals surface area contributed by atoms with Crippen molar-refractivity contribution in [2.45, 2.75) is 38.3 Å². The fourth-order valence-corrected chi connectivity index (χ4v) is 2.98. The summed E-state index contributed by atoms with van der Waals surface area (Å²) in [5.74, 6) is -0.0839. The standard InChI is InChI=1S/C16H19FN4O/c17-14-7-5-13(6-8-14)15-3-1-10-21(15)16(22)4-2-9-20-12-18-11-19-20/h5-8,11-12,15H,1-4,9-10H2/t15-/m0/s1. The molecule has 1 aliphatic heterocycles. The van der Waals surface area contributed by atoms with E-state index in [-0.39, 0.29) is 17.8 Å². The van der Waals surface area contributed by atoms with Gasteiger partial charge in [-0.25, -0.2) is 9.37 Å². The molecular weight excluding hydrogens is 283 g/mol. The number of likely N-dealkylation sites (tertiary alicyclic amines) is 1. The molecule has 2 heterocycles. The third-order valence-corrected chi connectivity index (χ3v) is 4.07. The minimum atomic E-state index is -0.243. The van der Waals surface area contributed by atoms with Crippen LogP contribution in [0.4, 0.5) is 4.39 Å². The molecule has 0 spiro atoms. The molecule has 0 saturated carbocycles. The monoisotopic (exact) mass is 302 g/mol. The largest absolute Gasteiger partial charge is 0.336 e. The van der Waals surface area contributed by atoms with Gasteiger partial charge in [0.25, 0.3) is 0 Å². The van der Waals surface area contributed by atoms with Gasteiger partial charge in [-0.2, -0.15) is 5.10 Å². The average molecular weight is 302 g/mol. The molecule has 5 nitrogen and oxygen atoms in total. The van der Waals surface area contributed by atoms with Crippen molar-refractivity contribution in [1.29, 1.82) is 0 Å². The Bertz CT molecular complexity index is 612. The minimum Gasteiger partial charge on any atom is -0.336 e. The van der Waals surface area contributed by atoms with Gasteiger partial charge in [-0.15, -0.1) is 0 Å². The van der Waals surface area contributed by atoms with Crippen LogP contribution in [0.15, 0.2) is 36.9 Å². The highest BCUT2D eigenvalue weighted by Gasteiger charge is 2.29. The highest BCUT2D eigenvalue weighted by molar-refractivity contribution is 5.77. The molecular formula is C16H19FN4O. The van der Waals surface area contributed by atoms with E-state index in [0.717, 1.165) is 31.4 Å². The van der Waals surface area contributed by atoms with Crippen LogP contribution < -0.4 is 0 Å². The van der Waals surface area contributed by atoms with Crippen molar-refractivity contribution >= 4 is 5.91 Å². The molecule has 1 aromatic heterocycles. The molecule has 1 aliphatic rings. The summed E-state index contributed by atoms with van der Waals surface area (Å²) < 4.78 is 14.8. The Morgan fingerprint density at radius 1 is 1.32 bits per heavy atom. The van der Waals surface area contributed by atoms with Gasteiger partial charge in [0.15, 0.2) is 0 Å². The maximum absolute atomic E-state index is 13.0. The molecule has 0 radical (unpaired) electrons. The van der Waals surface area contributed by atoms with Crippen LogP contribution in [0, 0.1) is 5.82 Å². The van der Waals surface area contributed by atoms with Crippen LogP contribution in [-0.2, 0) is 11.3 Å². The molecule has 1 amide bonds. The molecule has 1 fully saturated rings. The molecule has 0 N–H and O–H groups in total. The number of hydrogen-bond donors (Lipinski definition) is 0. The van der Waals surface area contributed by atoms with E-state index in [1.54, 1.807) is 23.1 Å². The van der Waals surface area contributed by atoms with E-state index < -0.39 is 0 Å². The van der Waals surface area contributed by atoms with Crippen LogP contribution in [0.5, 0.6) is 0 Å². The van der Waals surface area contributed by atoms with Gasteiger partial charge >= 0.3 is 0 Å². The highest BCUT2D eigenvalue weighted by atomic mass is 19.1. The van der Waals surface area contributed by atoms with Crippen molar-refractivity contribution in [3.05, 3.63) is 48.3 Å². The van der Waals surface area contributed by atoms with E-state index in [1.807, 2.05) is 4.90 Å². The molecule has 1 aromatic carbocycles. The Morgan fingerprint density at radius 2 is 2.14 bits per heavy atom. The minimum absolute atomic E-state index is 0.0828. The second kappa shape index (κ2) is 6.68. The number of carbonyl (C=O) groups is 1. The van der Waals surface area contributed by atoms with Gasteiger partial charge in [0.1, 0.15) is 18.5 Å². The van der Waals surface area contributed by atoms with Crippen LogP contribution in [-0.4, -0.2) is 32.1 Å². The number of rotatable bonds is 5. The maximum Gasteiger partial charge on any atom is 0.223 e. The number of amides is 1. The van der Waals surface area contributed by atoms with Crippen molar-refractivity contribution in [2.75, 3.05) is 6.54 Å². The number of benzene rings is 1. The third-order valence-electron chi connectivity index (χ3n) is 4.07.